The maximum absolute atomic E-state index is 14.0. The van der Waals surface area contributed by atoms with E-state index in [9.17, 15) is 9.59 Å². The Morgan fingerprint density at radius 3 is 2.45 bits per heavy atom. The summed E-state index contributed by atoms with van der Waals surface area (Å²) in [5.41, 5.74) is 2.20. The SMILES string of the molecule is CCOc1ccc([C@H]2C(C(=O)OC)=CN=c3s/c(=C/c4cc(Cl)ccc4OCc4ccccc4)c(=O)n32)cc1OCC. The molecule has 42 heavy (non-hydrogen) atoms. The molecule has 0 fully saturated rings. The van der Waals surface area contributed by atoms with E-state index in [2.05, 4.69) is 4.99 Å². The van der Waals surface area contributed by atoms with Crippen LogP contribution >= 0.6 is 22.9 Å². The van der Waals surface area contributed by atoms with Crippen molar-refractivity contribution in [1.82, 2.24) is 4.57 Å². The average Bonchev–Trinajstić information content (AvgIpc) is 3.32. The van der Waals surface area contributed by atoms with E-state index in [4.69, 9.17) is 30.5 Å². The summed E-state index contributed by atoms with van der Waals surface area (Å²) >= 11 is 7.54. The van der Waals surface area contributed by atoms with Gasteiger partial charge in [0.05, 0.1) is 36.5 Å². The molecular formula is C32H29ClN2O6S. The molecule has 0 spiro atoms. The summed E-state index contributed by atoms with van der Waals surface area (Å²) in [6.45, 7) is 4.99. The number of aromatic nitrogens is 1. The number of carbonyl (C=O) groups is 1. The topological polar surface area (TPSA) is 88.4 Å². The van der Waals surface area contributed by atoms with Crippen LogP contribution in [0.15, 0.2) is 88.3 Å². The highest BCUT2D eigenvalue weighted by molar-refractivity contribution is 7.07. The molecule has 2 heterocycles. The van der Waals surface area contributed by atoms with Crippen LogP contribution in [0.25, 0.3) is 6.08 Å². The third-order valence-electron chi connectivity index (χ3n) is 6.50. The molecule has 216 valence electrons. The van der Waals surface area contributed by atoms with Gasteiger partial charge in [0.1, 0.15) is 12.4 Å². The first kappa shape index (κ1) is 29.2. The zero-order valence-corrected chi connectivity index (χ0v) is 24.9. The minimum atomic E-state index is -0.793. The molecule has 1 aliphatic rings. The van der Waals surface area contributed by atoms with Crippen LogP contribution in [-0.2, 0) is 16.1 Å². The number of benzene rings is 3. The third kappa shape index (κ3) is 6.12. The number of rotatable bonds is 10. The summed E-state index contributed by atoms with van der Waals surface area (Å²) in [6, 6.07) is 19.6. The van der Waals surface area contributed by atoms with Crippen LogP contribution in [0.5, 0.6) is 17.2 Å². The number of carbonyl (C=O) groups excluding carboxylic acids is 1. The van der Waals surface area contributed by atoms with Gasteiger partial charge in [0.15, 0.2) is 16.3 Å². The first-order valence-corrected chi connectivity index (χ1v) is 14.6. The lowest BCUT2D eigenvalue weighted by Gasteiger charge is -2.23. The molecule has 0 unspecified atom stereocenters. The van der Waals surface area contributed by atoms with Gasteiger partial charge in [0.25, 0.3) is 5.56 Å². The van der Waals surface area contributed by atoms with Gasteiger partial charge in [-0.3, -0.25) is 9.36 Å². The van der Waals surface area contributed by atoms with Gasteiger partial charge in [0, 0.05) is 16.8 Å². The smallest absolute Gasteiger partial charge is 0.337 e. The normalized spacial score (nSPS) is 14.4. The molecule has 1 aromatic heterocycles. The molecule has 4 aromatic rings. The van der Waals surface area contributed by atoms with E-state index in [1.165, 1.54) is 29.2 Å². The van der Waals surface area contributed by atoms with Crippen molar-refractivity contribution in [1.29, 1.82) is 0 Å². The number of hydrogen-bond acceptors (Lipinski definition) is 8. The first-order valence-electron chi connectivity index (χ1n) is 13.4. The van der Waals surface area contributed by atoms with Gasteiger partial charge in [-0.05, 0) is 61.4 Å². The molecule has 1 aliphatic heterocycles. The predicted octanol–water partition coefficient (Wildman–Crippen LogP) is 5.05. The van der Waals surface area contributed by atoms with E-state index < -0.39 is 12.0 Å². The number of esters is 1. The second-order valence-electron chi connectivity index (χ2n) is 9.20. The molecule has 5 rings (SSSR count). The van der Waals surface area contributed by atoms with E-state index in [-0.39, 0.29) is 11.1 Å². The largest absolute Gasteiger partial charge is 0.490 e. The molecule has 0 radical (unpaired) electrons. The Bertz CT molecular complexity index is 1810. The number of fused-ring (bicyclic) bond motifs is 1. The summed E-state index contributed by atoms with van der Waals surface area (Å²) in [5, 5.41) is 0.504. The molecule has 0 bridgehead atoms. The molecular weight excluding hydrogens is 576 g/mol. The molecule has 8 nitrogen and oxygen atoms in total. The molecule has 0 aliphatic carbocycles. The number of nitrogens with zero attached hydrogens (tertiary/aromatic N) is 2. The highest BCUT2D eigenvalue weighted by Crippen LogP contribution is 2.35. The number of methoxy groups -OCH3 is 1. The van der Waals surface area contributed by atoms with Crippen molar-refractivity contribution in [3.63, 3.8) is 0 Å². The summed E-state index contributed by atoms with van der Waals surface area (Å²) in [5.74, 6) is 1.08. The van der Waals surface area contributed by atoms with Crippen LogP contribution in [0.2, 0.25) is 5.02 Å². The van der Waals surface area contributed by atoms with Crippen LogP contribution in [0.3, 0.4) is 0 Å². The van der Waals surface area contributed by atoms with Crippen LogP contribution in [-0.4, -0.2) is 30.9 Å². The van der Waals surface area contributed by atoms with Gasteiger partial charge < -0.3 is 18.9 Å². The first-order chi connectivity index (χ1) is 20.4. The van der Waals surface area contributed by atoms with Crippen molar-refractivity contribution in [2.75, 3.05) is 20.3 Å². The van der Waals surface area contributed by atoms with Crippen LogP contribution in [0, 0.1) is 0 Å². The number of thiazole rings is 1. The van der Waals surface area contributed by atoms with Gasteiger partial charge >= 0.3 is 5.97 Å². The van der Waals surface area contributed by atoms with Gasteiger partial charge in [-0.2, -0.15) is 0 Å². The third-order valence-corrected chi connectivity index (χ3v) is 7.74. The zero-order chi connectivity index (χ0) is 29.6. The van der Waals surface area contributed by atoms with E-state index in [0.29, 0.717) is 62.6 Å². The minimum absolute atomic E-state index is 0.220. The highest BCUT2D eigenvalue weighted by Gasteiger charge is 2.31. The van der Waals surface area contributed by atoms with Crippen molar-refractivity contribution >= 4 is 35.0 Å². The van der Waals surface area contributed by atoms with Gasteiger partial charge in [-0.25, -0.2) is 9.79 Å². The summed E-state index contributed by atoms with van der Waals surface area (Å²) in [7, 11) is 1.30. The highest BCUT2D eigenvalue weighted by atomic mass is 35.5. The molecule has 1 atom stereocenters. The van der Waals surface area contributed by atoms with Crippen LogP contribution in [0.4, 0.5) is 0 Å². The Morgan fingerprint density at radius 1 is 0.976 bits per heavy atom. The Labute approximate surface area is 251 Å². The lowest BCUT2D eigenvalue weighted by Crippen LogP contribution is -2.39. The van der Waals surface area contributed by atoms with Gasteiger partial charge in [0.2, 0.25) is 0 Å². The fourth-order valence-electron chi connectivity index (χ4n) is 4.63. The Balaban J connectivity index is 1.61. The fourth-order valence-corrected chi connectivity index (χ4v) is 5.77. The summed E-state index contributed by atoms with van der Waals surface area (Å²) in [6.07, 6.45) is 3.19. The second kappa shape index (κ2) is 13.1. The molecule has 0 N–H and O–H groups in total. The molecule has 3 aromatic carbocycles. The van der Waals surface area contributed by atoms with E-state index in [1.807, 2.05) is 50.2 Å². The van der Waals surface area contributed by atoms with E-state index in [1.54, 1.807) is 36.4 Å². The van der Waals surface area contributed by atoms with Crippen molar-refractivity contribution in [2.24, 2.45) is 4.99 Å². The predicted molar refractivity (Wildman–Crippen MR) is 162 cm³/mol. The second-order valence-corrected chi connectivity index (χ2v) is 10.7. The fraction of sp³-hybridized carbons (Fsp3) is 0.219. The summed E-state index contributed by atoms with van der Waals surface area (Å²) in [4.78, 5) is 31.7. The van der Waals surface area contributed by atoms with Crippen molar-refractivity contribution in [3.8, 4) is 17.2 Å². The van der Waals surface area contributed by atoms with Crippen molar-refractivity contribution in [3.05, 3.63) is 120 Å². The van der Waals surface area contributed by atoms with Crippen LogP contribution in [0.1, 0.15) is 36.6 Å². The molecule has 0 saturated carbocycles. The standard InChI is InChI=1S/C32H29ClN2O6S/c1-4-39-26-13-11-21(16-27(26)40-5-2)29-24(31(37)38-3)18-34-32-35(29)30(36)28(42-32)17-22-15-23(33)12-14-25(22)41-19-20-9-7-6-8-10-20/h6-18,29H,4-5,19H2,1-3H3/b28-17+/t29-/m0/s1. The minimum Gasteiger partial charge on any atom is -0.490 e. The number of ether oxygens (including phenoxy) is 4. The molecule has 0 saturated heterocycles. The molecule has 10 heteroatoms. The quantitative estimate of drug-likeness (QED) is 0.236. The number of halogens is 1. The van der Waals surface area contributed by atoms with Crippen molar-refractivity contribution in [2.45, 2.75) is 26.5 Å². The van der Waals surface area contributed by atoms with Gasteiger partial charge in [-0.15, -0.1) is 0 Å². The molecule has 0 amide bonds. The van der Waals surface area contributed by atoms with Gasteiger partial charge in [-0.1, -0.05) is 59.3 Å². The lowest BCUT2D eigenvalue weighted by atomic mass is 9.97. The monoisotopic (exact) mass is 604 g/mol. The van der Waals surface area contributed by atoms with E-state index >= 15 is 0 Å². The Hall–Kier alpha value is -4.34. The summed E-state index contributed by atoms with van der Waals surface area (Å²) < 4.78 is 24.6. The maximum Gasteiger partial charge on any atom is 0.337 e. The Morgan fingerprint density at radius 2 is 1.71 bits per heavy atom. The van der Waals surface area contributed by atoms with Crippen molar-refractivity contribution < 1.29 is 23.7 Å². The zero-order valence-electron chi connectivity index (χ0n) is 23.3. The maximum atomic E-state index is 14.0. The van der Waals surface area contributed by atoms with Crippen LogP contribution < -0.4 is 29.1 Å². The van der Waals surface area contributed by atoms with E-state index in [0.717, 1.165) is 5.56 Å². The number of hydrogen-bond donors (Lipinski definition) is 0. The average molecular weight is 605 g/mol. The Kier molecular flexibility index (Phi) is 9.09. The lowest BCUT2D eigenvalue weighted by molar-refractivity contribution is -0.136.